The summed E-state index contributed by atoms with van der Waals surface area (Å²) in [5.41, 5.74) is 0.234. The Morgan fingerprint density at radius 1 is 1.08 bits per heavy atom. The predicted octanol–water partition coefficient (Wildman–Crippen LogP) is 8.33. The third-order valence-corrected chi connectivity index (χ3v) is 9.06. The van der Waals surface area contributed by atoms with Crippen molar-refractivity contribution in [3.05, 3.63) is 93.2 Å². The molecule has 1 fully saturated rings. The number of hydrogen-bond donors (Lipinski definition) is 1. The molecule has 0 saturated carbocycles. The topological polar surface area (TPSA) is 91.7 Å². The highest BCUT2D eigenvalue weighted by Gasteiger charge is 2.44. The number of carboxylic acids is 1. The molecule has 258 valence electrons. The monoisotopic (exact) mass is 679 g/mol. The van der Waals surface area contributed by atoms with Gasteiger partial charge in [-0.3, -0.25) is 14.7 Å². The van der Waals surface area contributed by atoms with Crippen LogP contribution >= 0.6 is 0 Å². The summed E-state index contributed by atoms with van der Waals surface area (Å²) in [4.78, 5) is 36.6. The standard InChI is InChI=1S/C34H35F6N3O5/c1-18-12-20(30(44)45)6-7-25(18)27-9-11-43(47-5)29(41-27)26-8-10-32(3,4)16-22(26)17-42-19(2)28(48-31(42)46)21-13-23(33(35,36)37)15-24(14-21)34(38,39)40/h6-7,9,11-15,19,28-29H,8,10,16-17H2,1-5H3,(H,44,45)/t19-,28-,29?/m0/s1. The molecule has 48 heavy (non-hydrogen) atoms. The van der Waals surface area contributed by atoms with E-state index in [9.17, 15) is 41.0 Å². The Kier molecular flexibility index (Phi) is 9.19. The number of aromatic carboxylic acids is 1. The highest BCUT2D eigenvalue weighted by Crippen LogP contribution is 2.44. The van der Waals surface area contributed by atoms with Crippen molar-refractivity contribution >= 4 is 17.8 Å². The lowest BCUT2D eigenvalue weighted by Gasteiger charge is -2.39. The van der Waals surface area contributed by atoms with Crippen molar-refractivity contribution in [2.24, 2.45) is 10.4 Å². The molecule has 1 unspecified atom stereocenters. The van der Waals surface area contributed by atoms with Gasteiger partial charge in [0.25, 0.3) is 0 Å². The van der Waals surface area contributed by atoms with E-state index in [1.807, 2.05) is 0 Å². The van der Waals surface area contributed by atoms with Crippen LogP contribution in [0.15, 0.2) is 64.8 Å². The van der Waals surface area contributed by atoms with Crippen LogP contribution in [-0.2, 0) is 21.9 Å². The second-order valence-corrected chi connectivity index (χ2v) is 13.1. The number of aliphatic imine (C=N–C) groups is 1. The number of amides is 1. The number of allylic oxidation sites excluding steroid dienone is 1. The van der Waals surface area contributed by atoms with Gasteiger partial charge in [-0.2, -0.15) is 26.3 Å². The zero-order valence-electron chi connectivity index (χ0n) is 26.9. The van der Waals surface area contributed by atoms with Crippen LogP contribution in [0.1, 0.15) is 84.3 Å². The van der Waals surface area contributed by atoms with Crippen molar-refractivity contribution in [2.75, 3.05) is 13.7 Å². The molecule has 8 nitrogen and oxygen atoms in total. The van der Waals surface area contributed by atoms with E-state index in [0.29, 0.717) is 41.8 Å². The van der Waals surface area contributed by atoms with E-state index in [2.05, 4.69) is 13.8 Å². The largest absolute Gasteiger partial charge is 0.478 e. The molecule has 3 aliphatic rings. The molecule has 1 saturated heterocycles. The minimum Gasteiger partial charge on any atom is -0.478 e. The Bertz CT molecular complexity index is 1680. The molecular weight excluding hydrogens is 644 g/mol. The number of nitrogens with zero attached hydrogens (tertiary/aromatic N) is 3. The highest BCUT2D eigenvalue weighted by molar-refractivity contribution is 6.10. The lowest BCUT2D eigenvalue weighted by Crippen LogP contribution is -2.40. The minimum absolute atomic E-state index is 0.00924. The zero-order chi connectivity index (χ0) is 35.3. The van der Waals surface area contributed by atoms with Gasteiger partial charge in [0, 0.05) is 18.3 Å². The van der Waals surface area contributed by atoms with Gasteiger partial charge in [0.2, 0.25) is 0 Å². The molecule has 2 heterocycles. The third kappa shape index (κ3) is 7.08. The summed E-state index contributed by atoms with van der Waals surface area (Å²) in [5.74, 6) is -1.06. The number of carboxylic acid groups (broad SMARTS) is 1. The van der Waals surface area contributed by atoms with Gasteiger partial charge in [0.1, 0.15) is 6.10 Å². The van der Waals surface area contributed by atoms with Crippen LogP contribution in [0.2, 0.25) is 0 Å². The number of benzene rings is 2. The lowest BCUT2D eigenvalue weighted by molar-refractivity contribution is -0.143. The quantitative estimate of drug-likeness (QED) is 0.234. The molecule has 0 radical (unpaired) electrons. The highest BCUT2D eigenvalue weighted by atomic mass is 19.4. The van der Waals surface area contributed by atoms with E-state index in [0.717, 1.165) is 17.6 Å². The van der Waals surface area contributed by atoms with Gasteiger partial charge in [-0.15, -0.1) is 0 Å². The molecule has 1 aliphatic carbocycles. The normalized spacial score (nSPS) is 23.0. The Balaban J connectivity index is 1.52. The first-order chi connectivity index (χ1) is 22.3. The molecule has 3 atom stereocenters. The first-order valence-electron chi connectivity index (χ1n) is 15.2. The molecule has 1 amide bonds. The van der Waals surface area contributed by atoms with Crippen molar-refractivity contribution in [3.8, 4) is 0 Å². The smallest absolute Gasteiger partial charge is 0.416 e. The summed E-state index contributed by atoms with van der Waals surface area (Å²) < 4.78 is 87.0. The summed E-state index contributed by atoms with van der Waals surface area (Å²) in [5, 5.41) is 10.9. The Hall–Kier alpha value is -4.33. The maximum Gasteiger partial charge on any atom is 0.416 e. The predicted molar refractivity (Wildman–Crippen MR) is 163 cm³/mol. The second kappa shape index (κ2) is 12.6. The van der Waals surface area contributed by atoms with Crippen molar-refractivity contribution in [3.63, 3.8) is 0 Å². The number of hydroxylamine groups is 2. The van der Waals surface area contributed by atoms with Crippen LogP contribution in [-0.4, -0.2) is 58.7 Å². The van der Waals surface area contributed by atoms with Crippen LogP contribution in [0.5, 0.6) is 0 Å². The van der Waals surface area contributed by atoms with Crippen LogP contribution in [0.25, 0.3) is 0 Å². The fourth-order valence-electron chi connectivity index (χ4n) is 6.50. The molecule has 0 bridgehead atoms. The maximum absolute atomic E-state index is 13.6. The average Bonchev–Trinajstić information content (AvgIpc) is 3.27. The van der Waals surface area contributed by atoms with Gasteiger partial charge >= 0.3 is 24.4 Å². The fourth-order valence-corrected chi connectivity index (χ4v) is 6.50. The summed E-state index contributed by atoms with van der Waals surface area (Å²) in [6, 6.07) is 5.05. The van der Waals surface area contributed by atoms with Gasteiger partial charge in [-0.25, -0.2) is 14.7 Å². The van der Waals surface area contributed by atoms with Crippen LogP contribution in [0.3, 0.4) is 0 Å². The molecule has 2 aromatic rings. The van der Waals surface area contributed by atoms with Gasteiger partial charge < -0.3 is 9.84 Å². The number of carbonyl (C=O) groups excluding carboxylic acids is 1. The summed E-state index contributed by atoms with van der Waals surface area (Å²) in [7, 11) is 1.48. The number of aryl methyl sites for hydroxylation is 1. The number of ether oxygens (including phenoxy) is 1. The SMILES string of the molecule is CON1C=CC(c2ccc(C(=O)O)cc2C)=NC1C1=C(CN2C(=O)O[C@H](c3cc(C(F)(F)F)cc(C(F)(F)F)c3)[C@@H]2C)CC(C)(C)CC1. The molecule has 0 aromatic heterocycles. The Morgan fingerprint density at radius 2 is 1.73 bits per heavy atom. The Labute approximate surface area is 273 Å². The number of carbonyl (C=O) groups is 2. The van der Waals surface area contributed by atoms with Crippen LogP contribution < -0.4 is 0 Å². The van der Waals surface area contributed by atoms with Gasteiger partial charge in [-0.1, -0.05) is 19.9 Å². The van der Waals surface area contributed by atoms with E-state index in [1.54, 1.807) is 36.4 Å². The fraction of sp³-hybridized carbons (Fsp3) is 0.441. The summed E-state index contributed by atoms with van der Waals surface area (Å²) in [6.45, 7) is 7.45. The van der Waals surface area contributed by atoms with E-state index in [1.165, 1.54) is 25.0 Å². The zero-order valence-corrected chi connectivity index (χ0v) is 26.9. The Morgan fingerprint density at radius 3 is 2.29 bits per heavy atom. The van der Waals surface area contributed by atoms with Gasteiger partial charge in [0.15, 0.2) is 6.17 Å². The maximum atomic E-state index is 13.6. The number of cyclic esters (lactones) is 1. The average molecular weight is 680 g/mol. The van der Waals surface area contributed by atoms with Crippen molar-refractivity contribution < 1.29 is 50.6 Å². The number of alkyl halides is 6. The third-order valence-electron chi connectivity index (χ3n) is 9.06. The van der Waals surface area contributed by atoms with Crippen molar-refractivity contribution in [1.29, 1.82) is 0 Å². The van der Waals surface area contributed by atoms with Crippen molar-refractivity contribution in [2.45, 2.75) is 77.6 Å². The molecule has 2 aliphatic heterocycles. The molecular formula is C34H35F6N3O5. The van der Waals surface area contributed by atoms with Crippen LogP contribution in [0, 0.1) is 12.3 Å². The first kappa shape index (κ1) is 35.0. The molecule has 0 spiro atoms. The summed E-state index contributed by atoms with van der Waals surface area (Å²) >= 11 is 0. The number of rotatable bonds is 7. The first-order valence-corrected chi connectivity index (χ1v) is 15.2. The number of hydrogen-bond acceptors (Lipinski definition) is 6. The molecule has 5 rings (SSSR count). The van der Waals surface area contributed by atoms with Gasteiger partial charge in [-0.05, 0) is 97.2 Å². The van der Waals surface area contributed by atoms with E-state index < -0.39 is 59.4 Å². The lowest BCUT2D eigenvalue weighted by atomic mass is 9.73. The number of halogens is 6. The van der Waals surface area contributed by atoms with Gasteiger partial charge in [0.05, 0.1) is 35.6 Å². The van der Waals surface area contributed by atoms with Crippen molar-refractivity contribution in [1.82, 2.24) is 9.96 Å². The van der Waals surface area contributed by atoms with E-state index in [4.69, 9.17) is 14.6 Å². The van der Waals surface area contributed by atoms with E-state index in [-0.39, 0.29) is 23.6 Å². The molecule has 1 N–H and O–H groups in total. The van der Waals surface area contributed by atoms with E-state index >= 15 is 0 Å². The molecule has 2 aromatic carbocycles. The minimum atomic E-state index is -5.05. The van der Waals surface area contributed by atoms with Crippen LogP contribution in [0.4, 0.5) is 31.1 Å². The second-order valence-electron chi connectivity index (χ2n) is 13.1. The molecule has 14 heteroatoms. The summed E-state index contributed by atoms with van der Waals surface area (Å²) in [6.07, 6.45) is -7.69.